The zero-order valence-electron chi connectivity index (χ0n) is 11.7. The molecule has 0 aromatic heterocycles. The van der Waals surface area contributed by atoms with Crippen molar-refractivity contribution >= 4 is 35.2 Å². The van der Waals surface area contributed by atoms with Gasteiger partial charge >= 0.3 is 0 Å². The topological polar surface area (TPSA) is 40.6 Å². The van der Waals surface area contributed by atoms with E-state index >= 15 is 0 Å². The van der Waals surface area contributed by atoms with Crippen LogP contribution in [0.2, 0.25) is 5.02 Å². The standard InChI is InChI=1S/C14H17ClN2O2S/c1-9(13(19)16(2)3)17-12(18)8-20-14(17)10-6-4-5-7-11(10)15/h4-7,9,14H,8H2,1-3H3/t9-,14+/m0/s1. The van der Waals surface area contributed by atoms with Crippen LogP contribution in [0.4, 0.5) is 0 Å². The highest BCUT2D eigenvalue weighted by Gasteiger charge is 2.39. The van der Waals surface area contributed by atoms with E-state index in [2.05, 4.69) is 0 Å². The lowest BCUT2D eigenvalue weighted by atomic mass is 10.1. The highest BCUT2D eigenvalue weighted by atomic mass is 35.5. The second-order valence-corrected chi connectivity index (χ2v) is 6.37. The van der Waals surface area contributed by atoms with Gasteiger partial charge in [-0.15, -0.1) is 11.8 Å². The average molecular weight is 313 g/mol. The van der Waals surface area contributed by atoms with Crippen molar-refractivity contribution in [3.8, 4) is 0 Å². The van der Waals surface area contributed by atoms with Crippen LogP contribution in [0.1, 0.15) is 17.9 Å². The van der Waals surface area contributed by atoms with Gasteiger partial charge in [-0.2, -0.15) is 0 Å². The fraction of sp³-hybridized carbons (Fsp3) is 0.429. The lowest BCUT2D eigenvalue weighted by molar-refractivity contribution is -0.142. The molecule has 2 amide bonds. The molecule has 1 aromatic carbocycles. The van der Waals surface area contributed by atoms with Crippen molar-refractivity contribution in [3.63, 3.8) is 0 Å². The summed E-state index contributed by atoms with van der Waals surface area (Å²) in [5, 5.41) is 0.421. The summed E-state index contributed by atoms with van der Waals surface area (Å²) in [5.41, 5.74) is 0.878. The van der Waals surface area contributed by atoms with Crippen LogP contribution in [0, 0.1) is 0 Å². The maximum atomic E-state index is 12.1. The van der Waals surface area contributed by atoms with Crippen molar-refractivity contribution in [3.05, 3.63) is 34.9 Å². The van der Waals surface area contributed by atoms with Gasteiger partial charge in [0, 0.05) is 24.7 Å². The molecule has 2 atom stereocenters. The fourth-order valence-electron chi connectivity index (χ4n) is 2.26. The molecule has 1 aromatic rings. The van der Waals surface area contributed by atoms with E-state index in [1.54, 1.807) is 32.0 Å². The van der Waals surface area contributed by atoms with Gasteiger partial charge in [0.15, 0.2) is 0 Å². The van der Waals surface area contributed by atoms with E-state index in [1.807, 2.05) is 18.2 Å². The first-order chi connectivity index (χ1) is 9.43. The third-order valence-electron chi connectivity index (χ3n) is 3.29. The number of benzene rings is 1. The highest BCUT2D eigenvalue weighted by molar-refractivity contribution is 8.00. The number of carbonyl (C=O) groups excluding carboxylic acids is 2. The van der Waals surface area contributed by atoms with Crippen LogP contribution in [-0.4, -0.2) is 47.5 Å². The SMILES string of the molecule is C[C@@H](C(=O)N(C)C)N1C(=O)CS[C@@H]1c1ccccc1Cl. The quantitative estimate of drug-likeness (QED) is 0.860. The molecule has 0 aliphatic carbocycles. The van der Waals surface area contributed by atoms with E-state index in [4.69, 9.17) is 11.6 Å². The van der Waals surface area contributed by atoms with Gasteiger partial charge in [0.2, 0.25) is 11.8 Å². The Bertz CT molecular complexity index is 536. The van der Waals surface area contributed by atoms with Gasteiger partial charge in [-0.25, -0.2) is 0 Å². The average Bonchev–Trinajstić information content (AvgIpc) is 2.79. The lowest BCUT2D eigenvalue weighted by Crippen LogP contribution is -2.46. The third kappa shape index (κ3) is 2.79. The van der Waals surface area contributed by atoms with E-state index in [9.17, 15) is 9.59 Å². The van der Waals surface area contributed by atoms with E-state index in [0.29, 0.717) is 10.8 Å². The third-order valence-corrected chi connectivity index (χ3v) is 4.85. The Labute approximate surface area is 128 Å². The summed E-state index contributed by atoms with van der Waals surface area (Å²) in [4.78, 5) is 27.4. The number of halogens is 1. The maximum absolute atomic E-state index is 12.1. The predicted molar refractivity (Wildman–Crippen MR) is 81.7 cm³/mol. The number of hydrogen-bond donors (Lipinski definition) is 0. The summed E-state index contributed by atoms with van der Waals surface area (Å²) >= 11 is 7.72. The van der Waals surface area contributed by atoms with Crippen molar-refractivity contribution in [2.24, 2.45) is 0 Å². The first-order valence-electron chi connectivity index (χ1n) is 6.32. The van der Waals surface area contributed by atoms with Crippen LogP contribution < -0.4 is 0 Å². The number of amides is 2. The largest absolute Gasteiger partial charge is 0.347 e. The molecule has 1 saturated heterocycles. The fourth-order valence-corrected chi connectivity index (χ4v) is 3.86. The Kier molecular flexibility index (Phi) is 4.60. The summed E-state index contributed by atoms with van der Waals surface area (Å²) < 4.78 is 0. The molecule has 0 unspecified atom stereocenters. The van der Waals surface area contributed by atoms with E-state index < -0.39 is 6.04 Å². The molecule has 6 heteroatoms. The molecule has 0 spiro atoms. The summed E-state index contributed by atoms with van der Waals surface area (Å²) in [7, 11) is 3.38. The van der Waals surface area contributed by atoms with Crippen LogP contribution in [0.3, 0.4) is 0 Å². The molecule has 4 nitrogen and oxygen atoms in total. The van der Waals surface area contributed by atoms with Crippen LogP contribution in [0.15, 0.2) is 24.3 Å². The molecule has 20 heavy (non-hydrogen) atoms. The molecule has 0 bridgehead atoms. The van der Waals surface area contributed by atoms with Gasteiger partial charge in [0.25, 0.3) is 0 Å². The number of nitrogens with zero attached hydrogens (tertiary/aromatic N) is 2. The monoisotopic (exact) mass is 312 g/mol. The molecule has 0 saturated carbocycles. The van der Waals surface area contributed by atoms with E-state index in [-0.39, 0.29) is 17.2 Å². The molecule has 1 heterocycles. The Hall–Kier alpha value is -1.20. The number of rotatable bonds is 3. The molecular weight excluding hydrogens is 296 g/mol. The second kappa shape index (κ2) is 6.06. The lowest BCUT2D eigenvalue weighted by Gasteiger charge is -2.31. The zero-order valence-corrected chi connectivity index (χ0v) is 13.2. The molecule has 108 valence electrons. The zero-order chi connectivity index (χ0) is 14.9. The smallest absolute Gasteiger partial charge is 0.244 e. The molecule has 2 rings (SSSR count). The Morgan fingerprint density at radius 3 is 2.70 bits per heavy atom. The Morgan fingerprint density at radius 2 is 2.10 bits per heavy atom. The number of thioether (sulfide) groups is 1. The minimum absolute atomic E-state index is 0.0254. The summed E-state index contributed by atoms with van der Waals surface area (Å²) in [6.07, 6.45) is 0. The van der Waals surface area contributed by atoms with Crippen molar-refractivity contribution in [2.75, 3.05) is 19.8 Å². The van der Waals surface area contributed by atoms with Gasteiger partial charge < -0.3 is 9.80 Å². The summed E-state index contributed by atoms with van der Waals surface area (Å²) in [6, 6.07) is 6.96. The van der Waals surface area contributed by atoms with Crippen LogP contribution in [-0.2, 0) is 9.59 Å². The van der Waals surface area contributed by atoms with Gasteiger partial charge in [0.1, 0.15) is 11.4 Å². The first-order valence-corrected chi connectivity index (χ1v) is 7.74. The van der Waals surface area contributed by atoms with Crippen molar-refractivity contribution in [1.29, 1.82) is 0 Å². The number of hydrogen-bond acceptors (Lipinski definition) is 3. The predicted octanol–water partition coefficient (Wildman–Crippen LogP) is 2.39. The van der Waals surface area contributed by atoms with Gasteiger partial charge in [-0.1, -0.05) is 29.8 Å². The van der Waals surface area contributed by atoms with E-state index in [1.165, 1.54) is 16.7 Å². The van der Waals surface area contributed by atoms with Crippen LogP contribution in [0.5, 0.6) is 0 Å². The Morgan fingerprint density at radius 1 is 1.45 bits per heavy atom. The van der Waals surface area contributed by atoms with E-state index in [0.717, 1.165) is 5.56 Å². The number of likely N-dealkylation sites (N-methyl/N-ethyl adjacent to an activating group) is 1. The highest BCUT2D eigenvalue weighted by Crippen LogP contribution is 2.42. The first kappa shape index (κ1) is 15.2. The summed E-state index contributed by atoms with van der Waals surface area (Å²) in [6.45, 7) is 1.76. The second-order valence-electron chi connectivity index (χ2n) is 4.89. The minimum atomic E-state index is -0.492. The summed E-state index contributed by atoms with van der Waals surface area (Å²) in [5.74, 6) is 0.265. The maximum Gasteiger partial charge on any atom is 0.244 e. The van der Waals surface area contributed by atoms with Crippen LogP contribution in [0.25, 0.3) is 0 Å². The van der Waals surface area contributed by atoms with Gasteiger partial charge in [-0.3, -0.25) is 9.59 Å². The normalized spacial score (nSPS) is 20.1. The molecule has 0 N–H and O–H groups in total. The Balaban J connectivity index is 2.32. The minimum Gasteiger partial charge on any atom is -0.347 e. The van der Waals surface area contributed by atoms with Gasteiger partial charge in [-0.05, 0) is 13.0 Å². The van der Waals surface area contributed by atoms with Crippen molar-refractivity contribution in [2.45, 2.75) is 18.3 Å². The molecular formula is C14H17ClN2O2S. The van der Waals surface area contributed by atoms with Gasteiger partial charge in [0.05, 0.1) is 5.75 Å². The molecule has 0 radical (unpaired) electrons. The molecule has 1 fully saturated rings. The molecule has 1 aliphatic heterocycles. The van der Waals surface area contributed by atoms with Crippen molar-refractivity contribution < 1.29 is 9.59 Å². The molecule has 1 aliphatic rings. The van der Waals surface area contributed by atoms with Crippen molar-refractivity contribution in [1.82, 2.24) is 9.80 Å². The number of carbonyl (C=O) groups is 2. The van der Waals surface area contributed by atoms with Crippen LogP contribution >= 0.6 is 23.4 Å².